The van der Waals surface area contributed by atoms with Crippen LogP contribution in [0.25, 0.3) is 22.4 Å². The minimum Gasteiger partial charge on any atom is -0.339 e. The van der Waals surface area contributed by atoms with Crippen LogP contribution in [-0.4, -0.2) is 30.5 Å². The molecule has 0 unspecified atom stereocenters. The molecule has 0 bridgehead atoms. The van der Waals surface area contributed by atoms with Gasteiger partial charge >= 0.3 is 0 Å². The summed E-state index contributed by atoms with van der Waals surface area (Å²) in [5, 5.41) is 17.6. The minimum atomic E-state index is -0.0339. The lowest BCUT2D eigenvalue weighted by atomic mass is 10.00. The second-order valence-electron chi connectivity index (χ2n) is 8.21. The molecule has 0 radical (unpaired) electrons. The maximum atomic E-state index is 13.0. The number of nitrogens with one attached hydrogen (secondary N) is 1. The number of carbonyl (C=O) groups is 1. The maximum Gasteiger partial charge on any atom is 0.167 e. The predicted octanol–water partition coefficient (Wildman–Crippen LogP) is 4.77. The molecule has 8 heteroatoms. The van der Waals surface area contributed by atoms with Crippen LogP contribution in [0.2, 0.25) is 0 Å². The van der Waals surface area contributed by atoms with Crippen molar-refractivity contribution in [1.82, 2.24) is 24.7 Å². The Labute approximate surface area is 201 Å². The van der Waals surface area contributed by atoms with Crippen LogP contribution in [0.15, 0.2) is 73.2 Å². The topological polar surface area (TPSA) is 109 Å². The van der Waals surface area contributed by atoms with E-state index in [-0.39, 0.29) is 12.2 Å². The Balaban J connectivity index is 1.50. The number of hydrogen-bond donors (Lipinski definition) is 1. The molecular weight excluding hydrogens is 438 g/mol. The molecule has 0 aliphatic rings. The minimum absolute atomic E-state index is 0.0339. The zero-order valence-electron chi connectivity index (χ0n) is 19.2. The van der Waals surface area contributed by atoms with Gasteiger partial charge in [0.1, 0.15) is 5.82 Å². The van der Waals surface area contributed by atoms with Gasteiger partial charge in [0.25, 0.3) is 0 Å². The van der Waals surface area contributed by atoms with E-state index < -0.39 is 0 Å². The number of aromatic nitrogens is 5. The van der Waals surface area contributed by atoms with Crippen molar-refractivity contribution in [2.24, 2.45) is 7.05 Å². The van der Waals surface area contributed by atoms with Crippen LogP contribution in [0.4, 0.5) is 11.5 Å². The van der Waals surface area contributed by atoms with Crippen LogP contribution >= 0.6 is 0 Å². The SMILES string of the molecule is Cc1ccc(C(=O)Cc2cccc(C#N)c2)cc1Nc1nc(-c2cccnc2)nc2c1cnn2C. The molecule has 0 saturated carbocycles. The quantitative estimate of drug-likeness (QED) is 0.364. The lowest BCUT2D eigenvalue weighted by Crippen LogP contribution is -2.06. The van der Waals surface area contributed by atoms with Crippen molar-refractivity contribution >= 4 is 28.3 Å². The normalized spacial score (nSPS) is 10.8. The van der Waals surface area contributed by atoms with Crippen molar-refractivity contribution in [1.29, 1.82) is 5.26 Å². The van der Waals surface area contributed by atoms with E-state index in [2.05, 4.69) is 26.5 Å². The first-order chi connectivity index (χ1) is 17.0. The first-order valence-electron chi connectivity index (χ1n) is 11.0. The molecule has 0 aliphatic carbocycles. The third-order valence-corrected chi connectivity index (χ3v) is 5.75. The largest absolute Gasteiger partial charge is 0.339 e. The number of Topliss-reactive ketones (excluding diaryl/α,β-unsaturated/α-hetero) is 1. The fourth-order valence-electron chi connectivity index (χ4n) is 3.84. The third-order valence-electron chi connectivity index (χ3n) is 5.75. The number of nitrogens with zero attached hydrogens (tertiary/aromatic N) is 6. The number of fused-ring (bicyclic) bond motifs is 1. The van der Waals surface area contributed by atoms with Gasteiger partial charge in [-0.3, -0.25) is 14.5 Å². The molecule has 5 aromatic rings. The van der Waals surface area contributed by atoms with Gasteiger partial charge in [0.15, 0.2) is 17.3 Å². The van der Waals surface area contributed by atoms with E-state index in [4.69, 9.17) is 10.2 Å². The van der Waals surface area contributed by atoms with Gasteiger partial charge in [-0.15, -0.1) is 0 Å². The third kappa shape index (κ3) is 4.48. The van der Waals surface area contributed by atoms with Gasteiger partial charge in [-0.2, -0.15) is 10.4 Å². The highest BCUT2D eigenvalue weighted by Crippen LogP contribution is 2.29. The second kappa shape index (κ2) is 9.15. The Morgan fingerprint density at radius 1 is 1.09 bits per heavy atom. The average Bonchev–Trinajstić information content (AvgIpc) is 3.26. The van der Waals surface area contributed by atoms with Crippen LogP contribution < -0.4 is 5.32 Å². The smallest absolute Gasteiger partial charge is 0.167 e. The number of pyridine rings is 1. The number of nitriles is 1. The molecule has 3 aromatic heterocycles. The van der Waals surface area contributed by atoms with Crippen molar-refractivity contribution in [3.05, 3.63) is 95.4 Å². The van der Waals surface area contributed by atoms with Crippen LogP contribution in [0, 0.1) is 18.3 Å². The molecule has 0 fully saturated rings. The maximum absolute atomic E-state index is 13.0. The summed E-state index contributed by atoms with van der Waals surface area (Å²) in [6.45, 7) is 1.97. The van der Waals surface area contributed by atoms with E-state index in [1.165, 1.54) is 0 Å². The van der Waals surface area contributed by atoms with Gasteiger partial charge < -0.3 is 5.32 Å². The van der Waals surface area contributed by atoms with Crippen LogP contribution in [-0.2, 0) is 13.5 Å². The summed E-state index contributed by atoms with van der Waals surface area (Å²) in [4.78, 5) is 26.6. The second-order valence-corrected chi connectivity index (χ2v) is 8.21. The van der Waals surface area contributed by atoms with Crippen molar-refractivity contribution in [2.45, 2.75) is 13.3 Å². The van der Waals surface area contributed by atoms with Crippen LogP contribution in [0.3, 0.4) is 0 Å². The highest BCUT2D eigenvalue weighted by molar-refractivity contribution is 5.99. The Hall–Kier alpha value is -4.90. The van der Waals surface area contributed by atoms with Gasteiger partial charge in [0, 0.05) is 42.7 Å². The number of rotatable bonds is 6. The van der Waals surface area contributed by atoms with Crippen LogP contribution in [0.1, 0.15) is 27.0 Å². The van der Waals surface area contributed by atoms with E-state index in [0.717, 1.165) is 27.8 Å². The van der Waals surface area contributed by atoms with Crippen molar-refractivity contribution < 1.29 is 4.79 Å². The van der Waals surface area contributed by atoms with E-state index in [1.807, 2.05) is 50.4 Å². The molecule has 1 N–H and O–H groups in total. The van der Waals surface area contributed by atoms with E-state index in [9.17, 15) is 4.79 Å². The van der Waals surface area contributed by atoms with Gasteiger partial charge in [-0.1, -0.05) is 24.3 Å². The Morgan fingerprint density at radius 2 is 1.97 bits per heavy atom. The summed E-state index contributed by atoms with van der Waals surface area (Å²) < 4.78 is 1.70. The fourth-order valence-corrected chi connectivity index (χ4v) is 3.84. The molecular formula is C27H21N7O. The van der Waals surface area contributed by atoms with Gasteiger partial charge in [0.05, 0.1) is 23.2 Å². The summed E-state index contributed by atoms with van der Waals surface area (Å²) in [6.07, 6.45) is 5.35. The first kappa shape index (κ1) is 21.9. The molecule has 0 amide bonds. The molecule has 2 aromatic carbocycles. The Morgan fingerprint density at radius 3 is 2.77 bits per heavy atom. The van der Waals surface area contributed by atoms with E-state index in [1.54, 1.807) is 41.5 Å². The number of hydrogen-bond acceptors (Lipinski definition) is 7. The summed E-state index contributed by atoms with van der Waals surface area (Å²) >= 11 is 0. The lowest BCUT2D eigenvalue weighted by Gasteiger charge is -2.13. The molecule has 3 heterocycles. The Kier molecular flexibility index (Phi) is 5.73. The van der Waals surface area contributed by atoms with E-state index >= 15 is 0 Å². The molecule has 5 rings (SSSR count). The average molecular weight is 460 g/mol. The molecule has 0 atom stereocenters. The predicted molar refractivity (Wildman–Crippen MR) is 133 cm³/mol. The Bertz CT molecular complexity index is 1600. The van der Waals surface area contributed by atoms with Gasteiger partial charge in [0.2, 0.25) is 0 Å². The zero-order chi connectivity index (χ0) is 24.4. The molecule has 8 nitrogen and oxygen atoms in total. The molecule has 35 heavy (non-hydrogen) atoms. The van der Waals surface area contributed by atoms with E-state index in [0.29, 0.717) is 28.4 Å². The van der Waals surface area contributed by atoms with Gasteiger partial charge in [-0.25, -0.2) is 9.97 Å². The summed E-state index contributed by atoms with van der Waals surface area (Å²) in [7, 11) is 1.83. The summed E-state index contributed by atoms with van der Waals surface area (Å²) in [6, 6.07) is 18.5. The number of anilines is 2. The number of aryl methyl sites for hydroxylation is 2. The zero-order valence-corrected chi connectivity index (χ0v) is 19.2. The fraction of sp³-hybridized carbons (Fsp3) is 0.111. The molecule has 170 valence electrons. The van der Waals surface area contributed by atoms with Crippen molar-refractivity contribution in [3.8, 4) is 17.5 Å². The van der Waals surface area contributed by atoms with Crippen molar-refractivity contribution in [3.63, 3.8) is 0 Å². The first-order valence-corrected chi connectivity index (χ1v) is 11.0. The number of ketones is 1. The monoisotopic (exact) mass is 459 g/mol. The van der Waals surface area contributed by atoms with Crippen molar-refractivity contribution in [2.75, 3.05) is 5.32 Å². The van der Waals surface area contributed by atoms with Gasteiger partial charge in [-0.05, 0) is 48.4 Å². The molecule has 0 spiro atoms. The van der Waals surface area contributed by atoms with Crippen LogP contribution in [0.5, 0.6) is 0 Å². The summed E-state index contributed by atoms with van der Waals surface area (Å²) in [5.41, 5.74) is 5.12. The highest BCUT2D eigenvalue weighted by Gasteiger charge is 2.15. The highest BCUT2D eigenvalue weighted by atomic mass is 16.1. The lowest BCUT2D eigenvalue weighted by molar-refractivity contribution is 0.0993. The molecule has 0 saturated heterocycles. The number of benzene rings is 2. The number of carbonyl (C=O) groups excluding carboxylic acids is 1. The standard InChI is InChI=1S/C27H21N7O/c1-17-8-9-20(24(35)12-18-5-3-6-19(11-18)14-28)13-23(17)31-26-22-16-30-34(2)27(22)33-25(32-26)21-7-4-10-29-15-21/h3-11,13,15-16H,12H2,1-2H3,(H,31,32,33). The molecule has 0 aliphatic heterocycles. The summed E-state index contributed by atoms with van der Waals surface area (Å²) in [5.74, 6) is 1.09.